The summed E-state index contributed by atoms with van der Waals surface area (Å²) < 4.78 is 24.9. The summed E-state index contributed by atoms with van der Waals surface area (Å²) in [5.74, 6) is 1.47. The standard InChI is InChI=1S/C18H24FN3O3/c1-13-7-20-16(25-13)10-21-8-14-11-24-6-4-18(14,12-21)17(23)22-5-2-3-15(19)9-22/h3,7,14H,2,4-6,8-12H2,1H3. The van der Waals surface area contributed by atoms with Crippen molar-refractivity contribution in [1.82, 2.24) is 14.8 Å². The average molecular weight is 349 g/mol. The molecule has 2 fully saturated rings. The van der Waals surface area contributed by atoms with Crippen LogP contribution in [-0.2, 0) is 16.1 Å². The minimum absolute atomic E-state index is 0.0788. The van der Waals surface area contributed by atoms with Crippen molar-refractivity contribution in [2.75, 3.05) is 39.4 Å². The fourth-order valence-corrected chi connectivity index (χ4v) is 4.38. The SMILES string of the molecule is Cc1cnc(CN2CC3COCCC3(C(=O)N3CCC=C(F)C3)C2)o1. The summed E-state index contributed by atoms with van der Waals surface area (Å²) in [6, 6.07) is 0. The normalized spacial score (nSPS) is 30.2. The lowest BCUT2D eigenvalue weighted by atomic mass is 9.73. The number of fused-ring (bicyclic) bond motifs is 1. The lowest BCUT2D eigenvalue weighted by molar-refractivity contribution is -0.150. The zero-order valence-electron chi connectivity index (χ0n) is 14.5. The minimum Gasteiger partial charge on any atom is -0.445 e. The lowest BCUT2D eigenvalue weighted by Crippen LogP contribution is -2.53. The molecular weight excluding hydrogens is 325 g/mol. The molecule has 6 nitrogen and oxygen atoms in total. The van der Waals surface area contributed by atoms with Gasteiger partial charge in [0, 0.05) is 32.2 Å². The van der Waals surface area contributed by atoms with Crippen molar-refractivity contribution in [2.24, 2.45) is 11.3 Å². The van der Waals surface area contributed by atoms with Gasteiger partial charge in [0.1, 0.15) is 11.6 Å². The highest BCUT2D eigenvalue weighted by Gasteiger charge is 2.54. The first kappa shape index (κ1) is 16.7. The van der Waals surface area contributed by atoms with Crippen molar-refractivity contribution in [3.05, 3.63) is 29.8 Å². The number of nitrogens with zero attached hydrogens (tertiary/aromatic N) is 3. The summed E-state index contributed by atoms with van der Waals surface area (Å²) in [5, 5.41) is 0. The molecule has 0 spiro atoms. The fraction of sp³-hybridized carbons (Fsp3) is 0.667. The highest BCUT2D eigenvalue weighted by atomic mass is 19.1. The van der Waals surface area contributed by atoms with E-state index in [0.717, 1.165) is 12.3 Å². The topological polar surface area (TPSA) is 58.8 Å². The Kier molecular flexibility index (Phi) is 4.37. The molecule has 0 radical (unpaired) electrons. The fourth-order valence-electron chi connectivity index (χ4n) is 4.38. The van der Waals surface area contributed by atoms with Crippen LogP contribution in [-0.4, -0.2) is 60.1 Å². The Balaban J connectivity index is 1.53. The molecule has 7 heteroatoms. The van der Waals surface area contributed by atoms with Crippen molar-refractivity contribution in [1.29, 1.82) is 0 Å². The number of oxazole rings is 1. The van der Waals surface area contributed by atoms with Crippen LogP contribution in [0.3, 0.4) is 0 Å². The van der Waals surface area contributed by atoms with E-state index in [-0.39, 0.29) is 24.2 Å². The number of aryl methyl sites for hydroxylation is 1. The molecule has 4 rings (SSSR count). The van der Waals surface area contributed by atoms with Crippen molar-refractivity contribution < 1.29 is 18.3 Å². The summed E-state index contributed by atoms with van der Waals surface area (Å²) in [4.78, 5) is 21.5. The van der Waals surface area contributed by atoms with Gasteiger partial charge in [-0.3, -0.25) is 9.69 Å². The monoisotopic (exact) mass is 349 g/mol. The number of carbonyl (C=O) groups excluding carboxylic acids is 1. The summed E-state index contributed by atoms with van der Waals surface area (Å²) in [5.41, 5.74) is -0.475. The number of halogens is 1. The first-order valence-corrected chi connectivity index (χ1v) is 8.92. The van der Waals surface area contributed by atoms with Crippen LogP contribution in [0.25, 0.3) is 0 Å². The second-order valence-corrected chi connectivity index (χ2v) is 7.38. The Hall–Kier alpha value is -1.73. The quantitative estimate of drug-likeness (QED) is 0.834. The molecule has 0 saturated carbocycles. The summed E-state index contributed by atoms with van der Waals surface area (Å²) >= 11 is 0. The van der Waals surface area contributed by atoms with Gasteiger partial charge in [-0.1, -0.05) is 0 Å². The molecule has 0 aromatic carbocycles. The summed E-state index contributed by atoms with van der Waals surface area (Å²) in [7, 11) is 0. The zero-order valence-corrected chi connectivity index (χ0v) is 14.5. The molecule has 1 amide bonds. The van der Waals surface area contributed by atoms with E-state index in [1.165, 1.54) is 0 Å². The number of amides is 1. The van der Waals surface area contributed by atoms with Gasteiger partial charge < -0.3 is 14.1 Å². The highest BCUT2D eigenvalue weighted by molar-refractivity contribution is 5.84. The number of carbonyl (C=O) groups is 1. The predicted molar refractivity (Wildman–Crippen MR) is 88.3 cm³/mol. The molecule has 25 heavy (non-hydrogen) atoms. The Morgan fingerprint density at radius 1 is 1.52 bits per heavy atom. The van der Waals surface area contributed by atoms with Crippen LogP contribution in [0.2, 0.25) is 0 Å². The first-order chi connectivity index (χ1) is 12.1. The number of likely N-dealkylation sites (tertiary alicyclic amines) is 1. The van der Waals surface area contributed by atoms with Gasteiger partial charge in [0.15, 0.2) is 0 Å². The van der Waals surface area contributed by atoms with E-state index >= 15 is 0 Å². The van der Waals surface area contributed by atoms with Crippen molar-refractivity contribution in [3.63, 3.8) is 0 Å². The molecule has 0 aliphatic carbocycles. The van der Waals surface area contributed by atoms with Gasteiger partial charge in [-0.25, -0.2) is 9.37 Å². The maximum atomic E-state index is 13.7. The van der Waals surface area contributed by atoms with Crippen molar-refractivity contribution in [2.45, 2.75) is 26.3 Å². The van der Waals surface area contributed by atoms with Gasteiger partial charge in [0.2, 0.25) is 11.8 Å². The van der Waals surface area contributed by atoms with Crippen LogP contribution in [0.4, 0.5) is 4.39 Å². The van der Waals surface area contributed by atoms with Gasteiger partial charge in [-0.05, 0) is 25.8 Å². The molecule has 0 bridgehead atoms. The maximum Gasteiger partial charge on any atom is 0.230 e. The van der Waals surface area contributed by atoms with Crippen LogP contribution in [0.1, 0.15) is 24.5 Å². The number of hydrogen-bond donors (Lipinski definition) is 0. The number of hydrogen-bond acceptors (Lipinski definition) is 5. The molecule has 2 atom stereocenters. The predicted octanol–water partition coefficient (Wildman–Crippen LogP) is 1.91. The molecule has 3 aliphatic rings. The summed E-state index contributed by atoms with van der Waals surface area (Å²) in [6.07, 6.45) is 4.58. The molecule has 3 aliphatic heterocycles. The third kappa shape index (κ3) is 3.11. The Morgan fingerprint density at radius 2 is 2.40 bits per heavy atom. The Labute approximate surface area is 146 Å². The van der Waals surface area contributed by atoms with Crippen LogP contribution < -0.4 is 0 Å². The average Bonchev–Trinajstić information content (AvgIpc) is 3.17. The number of rotatable bonds is 3. The number of aromatic nitrogens is 1. The van der Waals surface area contributed by atoms with E-state index in [0.29, 0.717) is 51.6 Å². The smallest absolute Gasteiger partial charge is 0.230 e. The third-order valence-corrected chi connectivity index (χ3v) is 5.63. The van der Waals surface area contributed by atoms with E-state index in [9.17, 15) is 9.18 Å². The molecule has 2 unspecified atom stereocenters. The second-order valence-electron chi connectivity index (χ2n) is 7.38. The third-order valence-electron chi connectivity index (χ3n) is 5.63. The van der Waals surface area contributed by atoms with Crippen LogP contribution >= 0.6 is 0 Å². The van der Waals surface area contributed by atoms with E-state index in [1.54, 1.807) is 17.2 Å². The van der Waals surface area contributed by atoms with Gasteiger partial charge in [-0.2, -0.15) is 0 Å². The largest absolute Gasteiger partial charge is 0.445 e. The zero-order chi connectivity index (χ0) is 17.4. The Bertz CT molecular complexity index is 689. The van der Waals surface area contributed by atoms with Crippen molar-refractivity contribution in [3.8, 4) is 0 Å². The van der Waals surface area contributed by atoms with Gasteiger partial charge in [0.25, 0.3) is 0 Å². The molecule has 136 valence electrons. The van der Waals surface area contributed by atoms with Crippen LogP contribution in [0.5, 0.6) is 0 Å². The minimum atomic E-state index is -0.475. The second kappa shape index (κ2) is 6.53. The molecule has 4 heterocycles. The molecule has 1 aromatic heterocycles. The summed E-state index contributed by atoms with van der Waals surface area (Å²) in [6.45, 7) is 5.76. The van der Waals surface area contributed by atoms with E-state index in [1.807, 2.05) is 6.92 Å². The first-order valence-electron chi connectivity index (χ1n) is 8.92. The maximum absolute atomic E-state index is 13.7. The molecule has 1 aromatic rings. The lowest BCUT2D eigenvalue weighted by Gasteiger charge is -2.41. The van der Waals surface area contributed by atoms with Gasteiger partial charge in [-0.15, -0.1) is 0 Å². The van der Waals surface area contributed by atoms with Crippen LogP contribution in [0.15, 0.2) is 22.5 Å². The molecule has 0 N–H and O–H groups in total. The van der Waals surface area contributed by atoms with E-state index in [4.69, 9.17) is 9.15 Å². The Morgan fingerprint density at radius 3 is 3.16 bits per heavy atom. The van der Waals surface area contributed by atoms with E-state index in [2.05, 4.69) is 9.88 Å². The van der Waals surface area contributed by atoms with E-state index < -0.39 is 5.41 Å². The molecule has 2 saturated heterocycles. The van der Waals surface area contributed by atoms with Gasteiger partial charge >= 0.3 is 0 Å². The van der Waals surface area contributed by atoms with Gasteiger partial charge in [0.05, 0.1) is 31.3 Å². The van der Waals surface area contributed by atoms with Crippen LogP contribution in [0, 0.1) is 18.3 Å². The molecular formula is C18H24FN3O3. The van der Waals surface area contributed by atoms with Crippen molar-refractivity contribution >= 4 is 5.91 Å². The highest BCUT2D eigenvalue weighted by Crippen LogP contribution is 2.44. The number of ether oxygens (including phenoxy) is 1.